The van der Waals surface area contributed by atoms with Gasteiger partial charge in [0.25, 0.3) is 0 Å². The zero-order chi connectivity index (χ0) is 16.7. The molecule has 23 heavy (non-hydrogen) atoms. The highest BCUT2D eigenvalue weighted by Gasteiger charge is 2.10. The molecule has 0 aliphatic heterocycles. The number of rotatable bonds is 7. The average Bonchev–Trinajstić information content (AvgIpc) is 3.14. The molecule has 2 amide bonds. The minimum atomic E-state index is -0.178. The van der Waals surface area contributed by atoms with E-state index >= 15 is 0 Å². The Balaban J connectivity index is 1.77. The predicted molar refractivity (Wildman–Crippen MR) is 96.3 cm³/mol. The van der Waals surface area contributed by atoms with Crippen LogP contribution < -0.4 is 10.6 Å². The van der Waals surface area contributed by atoms with Crippen LogP contribution in [0, 0.1) is 12.3 Å². The maximum Gasteiger partial charge on any atom is 0.226 e. The van der Waals surface area contributed by atoms with Crippen molar-refractivity contribution in [2.24, 2.45) is 0 Å². The van der Waals surface area contributed by atoms with E-state index < -0.39 is 0 Å². The van der Waals surface area contributed by atoms with Gasteiger partial charge in [0, 0.05) is 28.2 Å². The SMILES string of the molecule is C#CCNC(=O)CCNC(=O)Cc1csc(-c2cc(Br)cs2)n1. The number of nitrogens with zero attached hydrogens (tertiary/aromatic N) is 1. The van der Waals surface area contributed by atoms with E-state index in [0.29, 0.717) is 0 Å². The molecule has 2 rings (SSSR count). The fourth-order valence-electron chi connectivity index (χ4n) is 1.71. The van der Waals surface area contributed by atoms with Crippen molar-refractivity contribution in [1.29, 1.82) is 0 Å². The van der Waals surface area contributed by atoms with Gasteiger partial charge in [-0.25, -0.2) is 4.98 Å². The Hall–Kier alpha value is -1.69. The Morgan fingerprint density at radius 2 is 2.09 bits per heavy atom. The molecule has 2 aromatic rings. The van der Waals surface area contributed by atoms with Gasteiger partial charge in [-0.2, -0.15) is 0 Å². The van der Waals surface area contributed by atoms with Crippen LogP contribution in [0.2, 0.25) is 0 Å². The fourth-order valence-corrected chi connectivity index (χ4v) is 4.03. The molecule has 0 saturated carbocycles. The summed E-state index contributed by atoms with van der Waals surface area (Å²) in [6.45, 7) is 0.483. The lowest BCUT2D eigenvalue weighted by Gasteiger charge is -2.04. The van der Waals surface area contributed by atoms with Crippen LogP contribution in [-0.2, 0) is 16.0 Å². The van der Waals surface area contributed by atoms with Crippen LogP contribution in [-0.4, -0.2) is 29.9 Å². The van der Waals surface area contributed by atoms with Crippen LogP contribution >= 0.6 is 38.6 Å². The molecule has 0 spiro atoms. The number of halogens is 1. The van der Waals surface area contributed by atoms with Gasteiger partial charge >= 0.3 is 0 Å². The Morgan fingerprint density at radius 3 is 2.78 bits per heavy atom. The molecule has 5 nitrogen and oxygen atoms in total. The first-order chi connectivity index (χ1) is 11.1. The highest BCUT2D eigenvalue weighted by molar-refractivity contribution is 9.10. The number of terminal acetylenes is 1. The molecule has 0 saturated heterocycles. The number of thiophene rings is 1. The van der Waals surface area contributed by atoms with Crippen molar-refractivity contribution >= 4 is 50.4 Å². The maximum absolute atomic E-state index is 11.8. The third kappa shape index (κ3) is 5.78. The van der Waals surface area contributed by atoms with Crippen molar-refractivity contribution < 1.29 is 9.59 Å². The number of hydrogen-bond donors (Lipinski definition) is 2. The number of hydrogen-bond acceptors (Lipinski definition) is 5. The zero-order valence-electron chi connectivity index (χ0n) is 12.1. The molecule has 120 valence electrons. The van der Waals surface area contributed by atoms with Crippen molar-refractivity contribution in [1.82, 2.24) is 15.6 Å². The van der Waals surface area contributed by atoms with E-state index in [2.05, 4.69) is 37.5 Å². The van der Waals surface area contributed by atoms with E-state index in [1.54, 1.807) is 11.3 Å². The van der Waals surface area contributed by atoms with Crippen LogP contribution in [0.5, 0.6) is 0 Å². The van der Waals surface area contributed by atoms with E-state index in [-0.39, 0.29) is 37.7 Å². The predicted octanol–water partition coefficient (Wildman–Crippen LogP) is 2.43. The minimum absolute atomic E-state index is 0.154. The van der Waals surface area contributed by atoms with Gasteiger partial charge in [-0.3, -0.25) is 9.59 Å². The largest absolute Gasteiger partial charge is 0.355 e. The molecule has 8 heteroatoms. The molecule has 2 aromatic heterocycles. The summed E-state index contributed by atoms with van der Waals surface area (Å²) in [5.74, 6) is 1.99. The number of carbonyl (C=O) groups is 2. The Morgan fingerprint density at radius 1 is 1.26 bits per heavy atom. The Labute approximate surface area is 150 Å². The van der Waals surface area contributed by atoms with E-state index in [9.17, 15) is 9.59 Å². The number of amides is 2. The molecule has 0 unspecified atom stereocenters. The summed E-state index contributed by atoms with van der Waals surface area (Å²) in [5, 5.41) is 10.0. The number of aromatic nitrogens is 1. The van der Waals surface area contributed by atoms with E-state index in [4.69, 9.17) is 6.42 Å². The van der Waals surface area contributed by atoms with Crippen molar-refractivity contribution in [2.45, 2.75) is 12.8 Å². The van der Waals surface area contributed by atoms with Crippen LogP contribution in [0.4, 0.5) is 0 Å². The standard InChI is InChI=1S/C15H14BrN3O2S2/c1-2-4-17-13(20)3-5-18-14(21)7-11-9-23-15(19-11)12-6-10(16)8-22-12/h1,6,8-9H,3-5,7H2,(H,17,20)(H,18,21). The van der Waals surface area contributed by atoms with Crippen LogP contribution in [0.3, 0.4) is 0 Å². The zero-order valence-corrected chi connectivity index (χ0v) is 15.3. The third-order valence-corrected chi connectivity index (χ3v) is 5.48. The number of thiazole rings is 1. The fraction of sp³-hybridized carbons (Fsp3) is 0.267. The summed E-state index contributed by atoms with van der Waals surface area (Å²) in [6, 6.07) is 2.00. The highest BCUT2D eigenvalue weighted by atomic mass is 79.9. The van der Waals surface area contributed by atoms with Gasteiger partial charge in [0.15, 0.2) is 0 Å². The first kappa shape index (κ1) is 17.7. The summed E-state index contributed by atoms with van der Waals surface area (Å²) in [5.41, 5.74) is 0.726. The summed E-state index contributed by atoms with van der Waals surface area (Å²) >= 11 is 6.52. The van der Waals surface area contributed by atoms with E-state index in [0.717, 1.165) is 20.1 Å². The van der Waals surface area contributed by atoms with Gasteiger partial charge in [-0.05, 0) is 22.0 Å². The van der Waals surface area contributed by atoms with Gasteiger partial charge < -0.3 is 10.6 Å². The maximum atomic E-state index is 11.8. The Bertz CT molecular complexity index is 733. The van der Waals surface area contributed by atoms with Gasteiger partial charge in [-0.15, -0.1) is 29.1 Å². The van der Waals surface area contributed by atoms with Crippen LogP contribution in [0.1, 0.15) is 12.1 Å². The minimum Gasteiger partial charge on any atom is -0.355 e. The smallest absolute Gasteiger partial charge is 0.226 e. The van der Waals surface area contributed by atoms with Gasteiger partial charge in [0.1, 0.15) is 5.01 Å². The highest BCUT2D eigenvalue weighted by Crippen LogP contribution is 2.31. The van der Waals surface area contributed by atoms with Crippen LogP contribution in [0.15, 0.2) is 21.3 Å². The third-order valence-electron chi connectivity index (χ3n) is 2.73. The van der Waals surface area contributed by atoms with Gasteiger partial charge in [0.05, 0.1) is 23.5 Å². The summed E-state index contributed by atoms with van der Waals surface area (Å²) in [4.78, 5) is 28.7. The average molecular weight is 412 g/mol. The van der Waals surface area contributed by atoms with Gasteiger partial charge in [0.2, 0.25) is 11.8 Å². The first-order valence-electron chi connectivity index (χ1n) is 6.74. The summed E-state index contributed by atoms with van der Waals surface area (Å²) < 4.78 is 1.02. The van der Waals surface area contributed by atoms with Crippen LogP contribution in [0.25, 0.3) is 9.88 Å². The second-order valence-electron chi connectivity index (χ2n) is 4.53. The quantitative estimate of drug-likeness (QED) is 0.687. The topological polar surface area (TPSA) is 71.1 Å². The normalized spacial score (nSPS) is 10.1. The lowest BCUT2D eigenvalue weighted by atomic mass is 10.3. The second-order valence-corrected chi connectivity index (χ2v) is 7.22. The van der Waals surface area contributed by atoms with E-state index in [1.807, 2.05) is 16.8 Å². The summed E-state index contributed by atoms with van der Waals surface area (Å²) in [6.07, 6.45) is 5.45. The molecule has 2 N–H and O–H groups in total. The lowest BCUT2D eigenvalue weighted by molar-refractivity contribution is -0.121. The number of nitrogens with one attached hydrogen (secondary N) is 2. The molecular weight excluding hydrogens is 398 g/mol. The monoisotopic (exact) mass is 411 g/mol. The molecule has 0 aliphatic rings. The molecule has 0 aliphatic carbocycles. The molecule has 0 radical (unpaired) electrons. The molecular formula is C15H14BrN3O2S2. The lowest BCUT2D eigenvalue weighted by Crippen LogP contribution is -2.31. The van der Waals surface area contributed by atoms with E-state index in [1.165, 1.54) is 11.3 Å². The van der Waals surface area contributed by atoms with Crippen molar-refractivity contribution in [3.63, 3.8) is 0 Å². The van der Waals surface area contributed by atoms with Gasteiger partial charge in [-0.1, -0.05) is 5.92 Å². The molecule has 0 aromatic carbocycles. The molecule has 0 fully saturated rings. The van der Waals surface area contributed by atoms with Crippen molar-refractivity contribution in [3.05, 3.63) is 27.0 Å². The van der Waals surface area contributed by atoms with Crippen molar-refractivity contribution in [2.75, 3.05) is 13.1 Å². The molecule has 0 atom stereocenters. The number of carbonyl (C=O) groups excluding carboxylic acids is 2. The first-order valence-corrected chi connectivity index (χ1v) is 9.29. The summed E-state index contributed by atoms with van der Waals surface area (Å²) in [7, 11) is 0. The molecule has 0 bridgehead atoms. The Kier molecular flexibility index (Phi) is 6.77. The molecule has 2 heterocycles. The van der Waals surface area contributed by atoms with Crippen molar-refractivity contribution in [3.8, 4) is 22.2 Å². The second kappa shape index (κ2) is 8.82.